The molecular weight excluding hydrogens is 254 g/mol. The van der Waals surface area contributed by atoms with Crippen LogP contribution in [0.2, 0.25) is 5.15 Å². The first kappa shape index (κ1) is 13.3. The van der Waals surface area contributed by atoms with E-state index in [1.54, 1.807) is 12.3 Å². The minimum atomic E-state index is 0.544. The number of aromatic nitrogens is 1. The van der Waals surface area contributed by atoms with Gasteiger partial charge >= 0.3 is 0 Å². The zero-order valence-corrected chi connectivity index (χ0v) is 11.2. The molecule has 0 radical (unpaired) electrons. The first-order valence-electron chi connectivity index (χ1n) is 6.03. The average molecular weight is 268 g/mol. The summed E-state index contributed by atoms with van der Waals surface area (Å²) in [5.74, 6) is 0. The molecule has 0 aliphatic carbocycles. The quantitative estimate of drug-likeness (QED) is 0.560. The van der Waals surface area contributed by atoms with Gasteiger partial charge in [-0.2, -0.15) is 0 Å². The van der Waals surface area contributed by atoms with Crippen LogP contribution in [0.1, 0.15) is 0 Å². The first-order valence-corrected chi connectivity index (χ1v) is 6.41. The summed E-state index contributed by atoms with van der Waals surface area (Å²) in [7, 11) is 0. The van der Waals surface area contributed by atoms with Crippen molar-refractivity contribution in [1.29, 1.82) is 0 Å². The van der Waals surface area contributed by atoms with Crippen molar-refractivity contribution in [3.8, 4) is 11.1 Å². The molecule has 0 aliphatic rings. The molecule has 94 valence electrons. The van der Waals surface area contributed by atoms with Crippen molar-refractivity contribution in [2.75, 3.05) is 0 Å². The zero-order valence-electron chi connectivity index (χ0n) is 10.4. The number of hydrogen-bond acceptors (Lipinski definition) is 1. The molecule has 3 aromatic rings. The van der Waals surface area contributed by atoms with E-state index in [4.69, 9.17) is 11.6 Å². The smallest absolute Gasteiger partial charge is 0.129 e. The molecule has 0 saturated heterocycles. The minimum absolute atomic E-state index is 0.544. The fraction of sp³-hybridized carbons (Fsp3) is 0. The molecule has 0 bridgehead atoms. The fourth-order valence-electron chi connectivity index (χ4n) is 1.60. The lowest BCUT2D eigenvalue weighted by molar-refractivity contribution is 1.33. The van der Waals surface area contributed by atoms with Gasteiger partial charge in [-0.25, -0.2) is 4.98 Å². The number of pyridine rings is 1. The second-order valence-electron chi connectivity index (χ2n) is 3.88. The summed E-state index contributed by atoms with van der Waals surface area (Å²) in [4.78, 5) is 3.74. The van der Waals surface area contributed by atoms with Gasteiger partial charge in [0, 0.05) is 6.20 Å². The second kappa shape index (κ2) is 7.34. The Kier molecular flexibility index (Phi) is 5.15. The number of benzene rings is 2. The van der Waals surface area contributed by atoms with Gasteiger partial charge < -0.3 is 0 Å². The summed E-state index contributed by atoms with van der Waals surface area (Å²) in [6.07, 6.45) is 1.66. The molecule has 0 atom stereocenters. The van der Waals surface area contributed by atoms with Crippen LogP contribution >= 0.6 is 11.6 Å². The summed E-state index contributed by atoms with van der Waals surface area (Å²) in [6, 6.07) is 26.2. The standard InChI is InChI=1S/C12H10.C5H4ClN/c1-3-7-11(8-4-1)12-9-5-2-6-10-12;6-5-3-1-2-4-7-5/h1-10H;1-4H. The number of rotatable bonds is 1. The molecule has 0 aliphatic heterocycles. The second-order valence-corrected chi connectivity index (χ2v) is 4.27. The molecule has 2 aromatic carbocycles. The lowest BCUT2D eigenvalue weighted by atomic mass is 10.1. The summed E-state index contributed by atoms with van der Waals surface area (Å²) >= 11 is 5.43. The molecule has 1 aromatic heterocycles. The third-order valence-corrected chi connectivity index (χ3v) is 2.73. The lowest BCUT2D eigenvalue weighted by Gasteiger charge is -1.98. The maximum Gasteiger partial charge on any atom is 0.129 e. The van der Waals surface area contributed by atoms with E-state index in [0.717, 1.165) is 0 Å². The van der Waals surface area contributed by atoms with Crippen molar-refractivity contribution >= 4 is 11.6 Å². The molecule has 2 heteroatoms. The van der Waals surface area contributed by atoms with E-state index in [9.17, 15) is 0 Å². The van der Waals surface area contributed by atoms with Gasteiger partial charge in [-0.15, -0.1) is 0 Å². The predicted octanol–water partition coefficient (Wildman–Crippen LogP) is 5.09. The van der Waals surface area contributed by atoms with Gasteiger partial charge in [0.2, 0.25) is 0 Å². The van der Waals surface area contributed by atoms with E-state index in [1.165, 1.54) is 11.1 Å². The number of halogens is 1. The molecule has 1 heterocycles. The van der Waals surface area contributed by atoms with Crippen molar-refractivity contribution in [2.45, 2.75) is 0 Å². The van der Waals surface area contributed by atoms with E-state index in [0.29, 0.717) is 5.15 Å². The SMILES string of the molecule is Clc1ccccn1.c1ccc(-c2ccccc2)cc1. The van der Waals surface area contributed by atoms with E-state index in [2.05, 4.69) is 53.5 Å². The highest BCUT2D eigenvalue weighted by Gasteiger charge is 1.91. The normalized spacial score (nSPS) is 9.32. The van der Waals surface area contributed by atoms with Crippen molar-refractivity contribution in [2.24, 2.45) is 0 Å². The molecule has 0 N–H and O–H groups in total. The van der Waals surface area contributed by atoms with E-state index in [-0.39, 0.29) is 0 Å². The molecule has 0 saturated carbocycles. The molecule has 0 unspecified atom stereocenters. The summed E-state index contributed by atoms with van der Waals surface area (Å²) < 4.78 is 0. The predicted molar refractivity (Wildman–Crippen MR) is 81.1 cm³/mol. The Hall–Kier alpha value is -2.12. The van der Waals surface area contributed by atoms with E-state index < -0.39 is 0 Å². The summed E-state index contributed by atoms with van der Waals surface area (Å²) in [6.45, 7) is 0. The molecule has 0 spiro atoms. The highest BCUT2D eigenvalue weighted by molar-refractivity contribution is 6.29. The molecule has 0 amide bonds. The van der Waals surface area contributed by atoms with Gasteiger partial charge in [0.05, 0.1) is 0 Å². The monoisotopic (exact) mass is 267 g/mol. The van der Waals surface area contributed by atoms with Crippen LogP contribution in [-0.4, -0.2) is 4.98 Å². The van der Waals surface area contributed by atoms with Gasteiger partial charge in [-0.1, -0.05) is 78.3 Å². The van der Waals surface area contributed by atoms with E-state index in [1.807, 2.05) is 24.3 Å². The molecular formula is C17H14ClN. The third kappa shape index (κ3) is 4.57. The van der Waals surface area contributed by atoms with Gasteiger partial charge in [0.15, 0.2) is 0 Å². The Labute approximate surface area is 118 Å². The van der Waals surface area contributed by atoms with Crippen LogP contribution in [0.3, 0.4) is 0 Å². The van der Waals surface area contributed by atoms with Crippen LogP contribution in [0.15, 0.2) is 85.1 Å². The highest BCUT2D eigenvalue weighted by atomic mass is 35.5. The molecule has 1 nitrogen and oxygen atoms in total. The molecule has 19 heavy (non-hydrogen) atoms. The zero-order chi connectivity index (χ0) is 13.3. The van der Waals surface area contributed by atoms with Crippen LogP contribution < -0.4 is 0 Å². The summed E-state index contributed by atoms with van der Waals surface area (Å²) in [5.41, 5.74) is 2.55. The van der Waals surface area contributed by atoms with Gasteiger partial charge in [-0.05, 0) is 23.3 Å². The van der Waals surface area contributed by atoms with Crippen LogP contribution in [-0.2, 0) is 0 Å². The summed E-state index contributed by atoms with van der Waals surface area (Å²) in [5, 5.41) is 0.544. The van der Waals surface area contributed by atoms with Gasteiger partial charge in [0.1, 0.15) is 5.15 Å². The Morgan fingerprint density at radius 3 is 1.37 bits per heavy atom. The third-order valence-electron chi connectivity index (χ3n) is 2.51. The number of nitrogens with zero attached hydrogens (tertiary/aromatic N) is 1. The topological polar surface area (TPSA) is 12.9 Å². The Balaban J connectivity index is 0.000000163. The van der Waals surface area contributed by atoms with Crippen molar-refractivity contribution < 1.29 is 0 Å². The maximum atomic E-state index is 5.43. The van der Waals surface area contributed by atoms with E-state index >= 15 is 0 Å². The van der Waals surface area contributed by atoms with Gasteiger partial charge in [-0.3, -0.25) is 0 Å². The number of hydrogen-bond donors (Lipinski definition) is 0. The minimum Gasteiger partial charge on any atom is -0.245 e. The molecule has 3 rings (SSSR count). The Morgan fingerprint density at radius 1 is 0.579 bits per heavy atom. The van der Waals surface area contributed by atoms with Crippen molar-refractivity contribution in [3.63, 3.8) is 0 Å². The highest BCUT2D eigenvalue weighted by Crippen LogP contribution is 2.17. The fourth-order valence-corrected chi connectivity index (χ4v) is 1.73. The largest absolute Gasteiger partial charge is 0.245 e. The Bertz CT molecular complexity index is 542. The lowest BCUT2D eigenvalue weighted by Crippen LogP contribution is -1.73. The Morgan fingerprint density at radius 2 is 1.05 bits per heavy atom. The van der Waals surface area contributed by atoms with Crippen LogP contribution in [0, 0.1) is 0 Å². The first-order chi connectivity index (χ1) is 9.36. The van der Waals surface area contributed by atoms with Crippen LogP contribution in [0.5, 0.6) is 0 Å². The maximum absolute atomic E-state index is 5.43. The van der Waals surface area contributed by atoms with Gasteiger partial charge in [0.25, 0.3) is 0 Å². The van der Waals surface area contributed by atoms with Crippen molar-refractivity contribution in [3.05, 3.63) is 90.2 Å². The van der Waals surface area contributed by atoms with Crippen molar-refractivity contribution in [1.82, 2.24) is 4.98 Å². The molecule has 0 fully saturated rings. The average Bonchev–Trinajstić information content (AvgIpc) is 2.51. The van der Waals surface area contributed by atoms with Crippen LogP contribution in [0.4, 0.5) is 0 Å². The van der Waals surface area contributed by atoms with Crippen LogP contribution in [0.25, 0.3) is 11.1 Å².